The lowest BCUT2D eigenvalue weighted by atomic mass is 10.2. The molecule has 0 saturated heterocycles. The average Bonchev–Trinajstić information content (AvgIpc) is 2.70. The number of thiazole rings is 1. The maximum Gasteiger partial charge on any atom is 0.181 e. The van der Waals surface area contributed by atoms with Crippen LogP contribution in [0.1, 0.15) is 12.0 Å². The summed E-state index contributed by atoms with van der Waals surface area (Å²) in [5, 5.41) is 3.96. The van der Waals surface area contributed by atoms with Crippen molar-refractivity contribution in [1.29, 1.82) is 0 Å². The number of anilines is 1. The second-order valence-electron chi connectivity index (χ2n) is 3.21. The Hall–Kier alpha value is -2.22. The van der Waals surface area contributed by atoms with E-state index >= 15 is 0 Å². The van der Waals surface area contributed by atoms with E-state index in [1.54, 1.807) is 0 Å². The third-order valence-corrected chi connectivity index (χ3v) is 2.91. The van der Waals surface area contributed by atoms with Crippen LogP contribution in [0.4, 0.5) is 5.13 Å². The van der Waals surface area contributed by atoms with Crippen LogP contribution in [0, 0.1) is 11.8 Å². The van der Waals surface area contributed by atoms with Gasteiger partial charge in [-0.1, -0.05) is 34.4 Å². The van der Waals surface area contributed by atoms with E-state index in [2.05, 4.69) is 26.9 Å². The number of fused-ring (bicyclic) bond motifs is 1. The lowest BCUT2D eigenvalue weighted by Gasteiger charge is -1.91. The van der Waals surface area contributed by atoms with Crippen LogP contribution in [-0.2, 0) is 0 Å². The summed E-state index contributed by atoms with van der Waals surface area (Å²) in [6, 6.07) is 5.80. The van der Waals surface area contributed by atoms with Crippen LogP contribution in [0.5, 0.6) is 0 Å². The molecule has 0 aliphatic heterocycles. The van der Waals surface area contributed by atoms with Crippen LogP contribution in [0.2, 0.25) is 0 Å². The fourth-order valence-electron chi connectivity index (χ4n) is 1.37. The quantitative estimate of drug-likeness (QED) is 0.289. The van der Waals surface area contributed by atoms with Crippen LogP contribution in [0.15, 0.2) is 23.3 Å². The third kappa shape index (κ3) is 2.67. The Labute approximate surface area is 102 Å². The largest absolute Gasteiger partial charge is 0.375 e. The number of para-hydroxylation sites is 1. The number of rotatable bonds is 2. The summed E-state index contributed by atoms with van der Waals surface area (Å²) in [5.74, 6) is 5.96. The Morgan fingerprint density at radius 2 is 2.41 bits per heavy atom. The van der Waals surface area contributed by atoms with Gasteiger partial charge in [-0.2, -0.15) is 0 Å². The highest BCUT2D eigenvalue weighted by molar-refractivity contribution is 7.22. The molecule has 2 aromatic rings. The fourth-order valence-corrected chi connectivity index (χ4v) is 2.14. The molecule has 5 nitrogen and oxygen atoms in total. The van der Waals surface area contributed by atoms with Gasteiger partial charge in [0, 0.05) is 17.9 Å². The van der Waals surface area contributed by atoms with Gasteiger partial charge in [0.25, 0.3) is 0 Å². The number of azide groups is 1. The minimum absolute atomic E-state index is 0.388. The van der Waals surface area contributed by atoms with Gasteiger partial charge >= 0.3 is 0 Å². The Morgan fingerprint density at radius 1 is 1.53 bits per heavy atom. The Morgan fingerprint density at radius 3 is 3.24 bits per heavy atom. The maximum absolute atomic E-state index is 8.11. The molecule has 2 rings (SSSR count). The van der Waals surface area contributed by atoms with E-state index in [1.807, 2.05) is 18.2 Å². The zero-order valence-electron chi connectivity index (χ0n) is 8.92. The summed E-state index contributed by atoms with van der Waals surface area (Å²) in [5.41, 5.74) is 15.5. The van der Waals surface area contributed by atoms with E-state index in [0.29, 0.717) is 18.1 Å². The molecule has 0 fully saturated rings. The van der Waals surface area contributed by atoms with Crippen LogP contribution in [0.25, 0.3) is 20.7 Å². The highest BCUT2D eigenvalue weighted by atomic mass is 32.1. The molecule has 1 heterocycles. The van der Waals surface area contributed by atoms with Gasteiger partial charge in [-0.15, -0.1) is 0 Å². The number of nitrogen functional groups attached to an aromatic ring is 1. The topological polar surface area (TPSA) is 87.7 Å². The van der Waals surface area contributed by atoms with E-state index < -0.39 is 0 Å². The van der Waals surface area contributed by atoms with Crippen molar-refractivity contribution < 1.29 is 0 Å². The third-order valence-electron chi connectivity index (χ3n) is 2.06. The van der Waals surface area contributed by atoms with Crippen LogP contribution in [-0.4, -0.2) is 11.5 Å². The number of nitrogens with zero attached hydrogens (tertiary/aromatic N) is 4. The van der Waals surface area contributed by atoms with E-state index in [9.17, 15) is 0 Å². The van der Waals surface area contributed by atoms with Crippen LogP contribution in [0.3, 0.4) is 0 Å². The molecule has 84 valence electrons. The van der Waals surface area contributed by atoms with Crippen LogP contribution < -0.4 is 5.73 Å². The zero-order valence-corrected chi connectivity index (χ0v) is 9.74. The predicted molar refractivity (Wildman–Crippen MR) is 69.5 cm³/mol. The van der Waals surface area contributed by atoms with Gasteiger partial charge in [-0.05, 0) is 17.7 Å². The zero-order chi connectivity index (χ0) is 12.1. The molecule has 0 aliphatic rings. The highest BCUT2D eigenvalue weighted by Crippen LogP contribution is 2.25. The molecule has 0 atom stereocenters. The van der Waals surface area contributed by atoms with E-state index in [1.165, 1.54) is 11.3 Å². The first-order valence-corrected chi connectivity index (χ1v) is 5.77. The van der Waals surface area contributed by atoms with Gasteiger partial charge in [-0.25, -0.2) is 4.98 Å². The first-order chi connectivity index (χ1) is 8.31. The monoisotopic (exact) mass is 243 g/mol. The SMILES string of the molecule is [N-]=[N+]=NCCC#Cc1cccc2sc(N)nc12. The Bertz CT molecular complexity index is 643. The number of aromatic nitrogens is 1. The molecule has 0 amide bonds. The maximum atomic E-state index is 8.11. The van der Waals surface area contributed by atoms with Crippen molar-refractivity contribution in [3.8, 4) is 11.8 Å². The molecule has 0 bridgehead atoms. The van der Waals surface area contributed by atoms with E-state index in [0.717, 1.165) is 15.8 Å². The molecular weight excluding hydrogens is 234 g/mol. The standard InChI is InChI=1S/C11H9N5S/c12-11-15-10-8(4-1-2-7-14-16-13)5-3-6-9(10)17-11/h3,5-6H,2,7H2,(H2,12,15). The molecular formula is C11H9N5S. The van der Waals surface area contributed by atoms with E-state index in [-0.39, 0.29) is 0 Å². The van der Waals surface area contributed by atoms with Gasteiger partial charge in [0.15, 0.2) is 5.13 Å². The molecule has 0 saturated carbocycles. The van der Waals surface area contributed by atoms with Crippen molar-refractivity contribution in [2.75, 3.05) is 12.3 Å². The summed E-state index contributed by atoms with van der Waals surface area (Å²) in [7, 11) is 0. The second-order valence-corrected chi connectivity index (χ2v) is 4.27. The van der Waals surface area contributed by atoms with Crippen molar-refractivity contribution in [2.45, 2.75) is 6.42 Å². The molecule has 17 heavy (non-hydrogen) atoms. The van der Waals surface area contributed by atoms with Crippen molar-refractivity contribution >= 4 is 26.7 Å². The smallest absolute Gasteiger partial charge is 0.181 e. The molecule has 0 unspecified atom stereocenters. The minimum Gasteiger partial charge on any atom is -0.375 e. The number of hydrogen-bond donors (Lipinski definition) is 1. The molecule has 1 aromatic carbocycles. The summed E-state index contributed by atoms with van der Waals surface area (Å²) < 4.78 is 1.03. The highest BCUT2D eigenvalue weighted by Gasteiger charge is 2.03. The average molecular weight is 243 g/mol. The predicted octanol–water partition coefficient (Wildman–Crippen LogP) is 2.93. The fraction of sp³-hybridized carbons (Fsp3) is 0.182. The molecule has 1 aromatic heterocycles. The van der Waals surface area contributed by atoms with Gasteiger partial charge in [0.1, 0.15) is 0 Å². The first kappa shape index (κ1) is 11.3. The van der Waals surface area contributed by atoms with Gasteiger partial charge in [0.2, 0.25) is 0 Å². The molecule has 6 heteroatoms. The summed E-state index contributed by atoms with van der Waals surface area (Å²) in [4.78, 5) is 6.90. The number of nitrogens with two attached hydrogens (primary N) is 1. The summed E-state index contributed by atoms with van der Waals surface area (Å²) >= 11 is 1.45. The van der Waals surface area contributed by atoms with Gasteiger partial charge in [-0.3, -0.25) is 0 Å². The summed E-state index contributed by atoms with van der Waals surface area (Å²) in [6.07, 6.45) is 0.542. The number of benzene rings is 1. The number of hydrogen-bond acceptors (Lipinski definition) is 4. The molecule has 2 N–H and O–H groups in total. The minimum atomic E-state index is 0.388. The van der Waals surface area contributed by atoms with Crippen molar-refractivity contribution in [3.63, 3.8) is 0 Å². The first-order valence-electron chi connectivity index (χ1n) is 4.96. The second kappa shape index (κ2) is 5.21. The van der Waals surface area contributed by atoms with Crippen LogP contribution >= 0.6 is 11.3 Å². The normalized spacial score (nSPS) is 9.41. The Kier molecular flexibility index (Phi) is 3.46. The van der Waals surface area contributed by atoms with Crippen molar-refractivity contribution in [1.82, 2.24) is 4.98 Å². The van der Waals surface area contributed by atoms with Crippen molar-refractivity contribution in [2.24, 2.45) is 5.11 Å². The van der Waals surface area contributed by atoms with E-state index in [4.69, 9.17) is 11.3 Å². The lowest BCUT2D eigenvalue weighted by molar-refractivity contribution is 1.01. The molecule has 0 spiro atoms. The van der Waals surface area contributed by atoms with Gasteiger partial charge < -0.3 is 5.73 Å². The Balaban J connectivity index is 2.26. The lowest BCUT2D eigenvalue weighted by Crippen LogP contribution is -1.82. The van der Waals surface area contributed by atoms with Crippen molar-refractivity contribution in [3.05, 3.63) is 34.2 Å². The molecule has 0 radical (unpaired) electrons. The summed E-state index contributed by atoms with van der Waals surface area (Å²) in [6.45, 7) is 0.388. The van der Waals surface area contributed by atoms with Gasteiger partial charge in [0.05, 0.1) is 15.8 Å². The molecule has 0 aliphatic carbocycles.